The number of ether oxygens (including phenoxy) is 1. The number of hydrogen-bond acceptors (Lipinski definition) is 3. The minimum Gasteiger partial charge on any atom is -0.444 e. The van der Waals surface area contributed by atoms with E-state index < -0.39 is 11.7 Å². The van der Waals surface area contributed by atoms with E-state index in [2.05, 4.69) is 10.3 Å². The van der Waals surface area contributed by atoms with Gasteiger partial charge in [0, 0.05) is 35.8 Å². The van der Waals surface area contributed by atoms with Gasteiger partial charge in [0.1, 0.15) is 5.60 Å². The number of carbonyl (C=O) groups excluding carboxylic acids is 1. The molecule has 5 heteroatoms. The molecule has 1 heterocycles. The Bertz CT molecular complexity index is 323. The maximum absolute atomic E-state index is 11.3. The van der Waals surface area contributed by atoms with Gasteiger partial charge in [0.2, 0.25) is 0 Å². The number of alkyl carbamates (subject to hydrolysis) is 1. The van der Waals surface area contributed by atoms with E-state index in [-0.39, 0.29) is 29.6 Å². The van der Waals surface area contributed by atoms with Gasteiger partial charge in [-0.25, -0.2) is 4.79 Å². The molecule has 16 heavy (non-hydrogen) atoms. The van der Waals surface area contributed by atoms with Gasteiger partial charge in [0.25, 0.3) is 0 Å². The molecule has 1 amide bonds. The van der Waals surface area contributed by atoms with Crippen LogP contribution in [0.3, 0.4) is 0 Å². The molecule has 1 aromatic rings. The summed E-state index contributed by atoms with van der Waals surface area (Å²) in [4.78, 5) is 15.3. The van der Waals surface area contributed by atoms with E-state index in [0.29, 0.717) is 6.54 Å². The van der Waals surface area contributed by atoms with Gasteiger partial charge in [-0.05, 0) is 32.9 Å². The monoisotopic (exact) mass is 231 g/mol. The van der Waals surface area contributed by atoms with Gasteiger partial charge in [-0.3, -0.25) is 4.98 Å². The predicted molar refractivity (Wildman–Crippen MR) is 63.1 cm³/mol. The van der Waals surface area contributed by atoms with Crippen molar-refractivity contribution in [2.75, 3.05) is 0 Å². The van der Waals surface area contributed by atoms with Gasteiger partial charge in [-0.1, -0.05) is 6.07 Å². The first-order valence-corrected chi connectivity index (χ1v) is 4.84. The van der Waals surface area contributed by atoms with Crippen LogP contribution in [-0.2, 0) is 11.3 Å². The van der Waals surface area contributed by atoms with Crippen molar-refractivity contribution in [2.45, 2.75) is 32.9 Å². The Kier molecular flexibility index (Phi) is 6.64. The first kappa shape index (κ1) is 15.4. The fourth-order valence-electron chi connectivity index (χ4n) is 0.980. The number of nitrogens with one attached hydrogen (secondary N) is 1. The smallest absolute Gasteiger partial charge is 0.407 e. The third kappa shape index (κ3) is 6.82. The Morgan fingerprint density at radius 1 is 1.44 bits per heavy atom. The standard InChI is InChI=1S/C11H16N2O2.Na/c1-11(2,3)15-10(14)13-8-9-6-4-5-7-12-9;/h4-7H,8H2,1-3H3,(H,13,14);. The van der Waals surface area contributed by atoms with Crippen LogP contribution in [0, 0.1) is 0 Å². The van der Waals surface area contributed by atoms with E-state index in [1.165, 1.54) is 0 Å². The van der Waals surface area contributed by atoms with Crippen LogP contribution in [0.4, 0.5) is 4.79 Å². The van der Waals surface area contributed by atoms with E-state index in [9.17, 15) is 4.79 Å². The van der Waals surface area contributed by atoms with Gasteiger partial charge >= 0.3 is 6.09 Å². The van der Waals surface area contributed by atoms with E-state index in [1.54, 1.807) is 6.20 Å². The van der Waals surface area contributed by atoms with Crippen molar-refractivity contribution < 1.29 is 9.53 Å². The van der Waals surface area contributed by atoms with Gasteiger partial charge in [-0.2, -0.15) is 0 Å². The summed E-state index contributed by atoms with van der Waals surface area (Å²) in [6.45, 7) is 5.86. The van der Waals surface area contributed by atoms with Gasteiger partial charge in [0.15, 0.2) is 0 Å². The second-order valence-corrected chi connectivity index (χ2v) is 4.18. The largest absolute Gasteiger partial charge is 0.444 e. The van der Waals surface area contributed by atoms with Crippen molar-refractivity contribution in [1.82, 2.24) is 10.3 Å². The minimum absolute atomic E-state index is 0. The van der Waals surface area contributed by atoms with Crippen molar-refractivity contribution in [3.05, 3.63) is 30.1 Å². The number of amides is 1. The maximum Gasteiger partial charge on any atom is 0.407 e. The summed E-state index contributed by atoms with van der Waals surface area (Å²) in [5.74, 6) is 0. The van der Waals surface area contributed by atoms with Crippen LogP contribution in [-0.4, -0.2) is 46.2 Å². The quantitative estimate of drug-likeness (QED) is 0.788. The van der Waals surface area contributed by atoms with Crippen LogP contribution in [0.25, 0.3) is 0 Å². The molecular formula is C11H16N2NaO2. The molecule has 83 valence electrons. The maximum atomic E-state index is 11.3. The van der Waals surface area contributed by atoms with E-state index in [0.717, 1.165) is 5.69 Å². The third-order valence-electron chi connectivity index (χ3n) is 1.54. The molecule has 4 nitrogen and oxygen atoms in total. The van der Waals surface area contributed by atoms with E-state index in [1.807, 2.05) is 39.0 Å². The van der Waals surface area contributed by atoms with Crippen LogP contribution in [0.15, 0.2) is 24.4 Å². The fourth-order valence-corrected chi connectivity index (χ4v) is 0.980. The zero-order valence-electron chi connectivity index (χ0n) is 10.3. The molecule has 0 aliphatic carbocycles. The normalized spacial score (nSPS) is 10.2. The van der Waals surface area contributed by atoms with E-state index in [4.69, 9.17) is 4.74 Å². The number of aromatic nitrogens is 1. The number of nitrogens with zero attached hydrogens (tertiary/aromatic N) is 1. The van der Waals surface area contributed by atoms with Gasteiger partial charge in [0.05, 0.1) is 12.2 Å². The molecule has 1 N–H and O–H groups in total. The molecule has 1 rings (SSSR count). The summed E-state index contributed by atoms with van der Waals surface area (Å²) in [5.41, 5.74) is 0.345. The molecule has 1 aromatic heterocycles. The molecule has 0 saturated carbocycles. The Morgan fingerprint density at radius 2 is 2.12 bits per heavy atom. The fraction of sp³-hybridized carbons (Fsp3) is 0.455. The van der Waals surface area contributed by atoms with E-state index >= 15 is 0 Å². The topological polar surface area (TPSA) is 51.2 Å². The van der Waals surface area contributed by atoms with Crippen molar-refractivity contribution in [2.24, 2.45) is 0 Å². The molecule has 0 atom stereocenters. The Balaban J connectivity index is 0.00000225. The van der Waals surface area contributed by atoms with Gasteiger partial charge in [-0.15, -0.1) is 0 Å². The minimum atomic E-state index is -0.464. The molecule has 0 aliphatic heterocycles. The Labute approximate surface area is 118 Å². The zero-order chi connectivity index (χ0) is 11.3. The third-order valence-corrected chi connectivity index (χ3v) is 1.54. The molecule has 0 fully saturated rings. The second-order valence-electron chi connectivity index (χ2n) is 4.18. The van der Waals surface area contributed by atoms with Crippen LogP contribution in [0.1, 0.15) is 26.5 Å². The van der Waals surface area contributed by atoms with Crippen molar-refractivity contribution >= 4 is 35.7 Å². The summed E-state index contributed by atoms with van der Waals surface area (Å²) in [7, 11) is 0. The predicted octanol–water partition coefficient (Wildman–Crippen LogP) is 1.73. The van der Waals surface area contributed by atoms with Crippen molar-refractivity contribution in [1.29, 1.82) is 0 Å². The average molecular weight is 231 g/mol. The van der Waals surface area contributed by atoms with Crippen LogP contribution in [0.2, 0.25) is 0 Å². The Morgan fingerprint density at radius 3 is 2.62 bits per heavy atom. The SMILES string of the molecule is CC(C)(C)OC(=O)NCc1ccccn1.[Na]. The molecule has 0 unspecified atom stereocenters. The summed E-state index contributed by atoms with van der Waals surface area (Å²) in [6, 6.07) is 5.55. The summed E-state index contributed by atoms with van der Waals surface area (Å²) in [5, 5.41) is 2.63. The van der Waals surface area contributed by atoms with Gasteiger partial charge < -0.3 is 10.1 Å². The van der Waals surface area contributed by atoms with Crippen LogP contribution < -0.4 is 5.32 Å². The second kappa shape index (κ2) is 6.89. The van der Waals surface area contributed by atoms with Crippen molar-refractivity contribution in [3.63, 3.8) is 0 Å². The number of carbonyl (C=O) groups is 1. The number of rotatable bonds is 2. The summed E-state index contributed by atoms with van der Waals surface area (Å²) in [6.07, 6.45) is 1.26. The molecule has 0 aliphatic rings. The summed E-state index contributed by atoms with van der Waals surface area (Å²) >= 11 is 0. The number of pyridine rings is 1. The molecule has 0 saturated heterocycles. The molecular weight excluding hydrogens is 215 g/mol. The first-order valence-electron chi connectivity index (χ1n) is 4.84. The average Bonchev–Trinajstić information content (AvgIpc) is 2.14. The summed E-state index contributed by atoms with van der Waals surface area (Å²) < 4.78 is 5.08. The molecule has 0 spiro atoms. The Hall–Kier alpha value is -0.580. The van der Waals surface area contributed by atoms with Crippen LogP contribution >= 0.6 is 0 Å². The van der Waals surface area contributed by atoms with Crippen LogP contribution in [0.5, 0.6) is 0 Å². The molecule has 0 aromatic carbocycles. The molecule has 1 radical (unpaired) electrons. The molecule has 0 bridgehead atoms. The zero-order valence-corrected chi connectivity index (χ0v) is 12.3. The first-order chi connectivity index (χ1) is 6.97. The number of hydrogen-bond donors (Lipinski definition) is 1. The van der Waals surface area contributed by atoms with Crippen molar-refractivity contribution in [3.8, 4) is 0 Å².